The average molecular weight is 664 g/mol. The first kappa shape index (κ1) is 29.9. The van der Waals surface area contributed by atoms with Gasteiger partial charge in [0.05, 0.1) is 15.2 Å². The first-order valence-electron chi connectivity index (χ1n) is 16.5. The van der Waals surface area contributed by atoms with Crippen LogP contribution in [0.1, 0.15) is 22.3 Å². The van der Waals surface area contributed by atoms with Crippen molar-refractivity contribution < 1.29 is 8.42 Å². The second kappa shape index (κ2) is 11.7. The third kappa shape index (κ3) is 4.60. The maximum absolute atomic E-state index is 14.3. The van der Waals surface area contributed by atoms with Crippen molar-refractivity contribution in [1.29, 1.82) is 0 Å². The van der Waals surface area contributed by atoms with Gasteiger partial charge in [-0.2, -0.15) is 0 Å². The number of benzene rings is 7. The van der Waals surface area contributed by atoms with Crippen LogP contribution in [0.4, 0.5) is 0 Å². The molecule has 7 aromatic carbocycles. The van der Waals surface area contributed by atoms with Crippen molar-refractivity contribution in [3.63, 3.8) is 0 Å². The predicted molar refractivity (Wildman–Crippen MR) is 197 cm³/mol. The molecule has 0 atom stereocenters. The zero-order valence-corrected chi connectivity index (χ0v) is 27.6. The Hall–Kier alpha value is -6.24. The highest BCUT2D eigenvalue weighted by atomic mass is 32.2. The Morgan fingerprint density at radius 1 is 0.400 bits per heavy atom. The summed E-state index contributed by atoms with van der Waals surface area (Å²) in [5.74, 6) is 1.60. The Morgan fingerprint density at radius 3 is 1.58 bits per heavy atom. The van der Waals surface area contributed by atoms with Gasteiger partial charge in [0.15, 0.2) is 17.5 Å². The number of nitrogens with zero attached hydrogens (tertiary/aromatic N) is 3. The molecule has 6 heteroatoms. The number of rotatable bonds is 5. The van der Waals surface area contributed by atoms with Gasteiger partial charge in [0.1, 0.15) is 0 Å². The normalized spacial score (nSPS) is 14.1. The van der Waals surface area contributed by atoms with Crippen LogP contribution in [0, 0.1) is 0 Å². The van der Waals surface area contributed by atoms with Crippen LogP contribution >= 0.6 is 0 Å². The van der Waals surface area contributed by atoms with E-state index in [1.165, 1.54) is 0 Å². The summed E-state index contributed by atoms with van der Waals surface area (Å²) in [6, 6.07) is 57.4. The molecule has 0 fully saturated rings. The minimum Gasteiger partial charge on any atom is -0.218 e. The Kier molecular flexibility index (Phi) is 7.00. The number of hydrogen-bond donors (Lipinski definition) is 0. The van der Waals surface area contributed by atoms with Crippen molar-refractivity contribution >= 4 is 20.6 Å². The van der Waals surface area contributed by atoms with Crippen molar-refractivity contribution in [1.82, 2.24) is 15.0 Å². The second-order valence-electron chi connectivity index (χ2n) is 12.4. The van der Waals surface area contributed by atoms with E-state index in [4.69, 9.17) is 15.0 Å². The van der Waals surface area contributed by atoms with Crippen LogP contribution in [0.5, 0.6) is 0 Å². The van der Waals surface area contributed by atoms with Gasteiger partial charge in [0.2, 0.25) is 9.84 Å². The van der Waals surface area contributed by atoms with E-state index in [9.17, 15) is 8.42 Å². The van der Waals surface area contributed by atoms with Crippen molar-refractivity contribution in [3.05, 3.63) is 198 Å². The molecule has 1 aliphatic rings. The fraction of sp³-hybridized carbons (Fsp3) is 0.0227. The van der Waals surface area contributed by atoms with Crippen LogP contribution in [0.2, 0.25) is 0 Å². The van der Waals surface area contributed by atoms with E-state index in [-0.39, 0.29) is 9.79 Å². The van der Waals surface area contributed by atoms with Crippen molar-refractivity contribution in [2.24, 2.45) is 0 Å². The molecule has 0 saturated carbocycles. The Balaban J connectivity index is 1.38. The number of aromatic nitrogens is 3. The summed E-state index contributed by atoms with van der Waals surface area (Å²) in [6.07, 6.45) is 0. The van der Waals surface area contributed by atoms with Crippen LogP contribution in [0.3, 0.4) is 0 Å². The van der Waals surface area contributed by atoms with Crippen molar-refractivity contribution in [2.45, 2.75) is 15.2 Å². The van der Waals surface area contributed by atoms with Gasteiger partial charge in [-0.3, -0.25) is 0 Å². The van der Waals surface area contributed by atoms with Gasteiger partial charge >= 0.3 is 0 Å². The maximum Gasteiger partial charge on any atom is 0.207 e. The largest absolute Gasteiger partial charge is 0.218 e. The summed E-state index contributed by atoms with van der Waals surface area (Å²) < 4.78 is 28.5. The second-order valence-corrected chi connectivity index (χ2v) is 14.3. The fourth-order valence-corrected chi connectivity index (χ4v) is 9.18. The Morgan fingerprint density at radius 2 is 0.900 bits per heavy atom. The molecule has 1 aliphatic heterocycles. The summed E-state index contributed by atoms with van der Waals surface area (Å²) in [5.41, 5.74) is 4.69. The number of fused-ring (bicyclic) bond motifs is 3. The molecule has 0 bridgehead atoms. The van der Waals surface area contributed by atoms with E-state index in [2.05, 4.69) is 42.5 Å². The Labute approximate surface area is 290 Å². The lowest BCUT2D eigenvalue weighted by Crippen LogP contribution is -2.38. The van der Waals surface area contributed by atoms with Gasteiger partial charge in [0, 0.05) is 16.7 Å². The maximum atomic E-state index is 14.3. The summed E-state index contributed by atoms with van der Waals surface area (Å²) in [7, 11) is -3.81. The van der Waals surface area contributed by atoms with Crippen LogP contribution in [-0.4, -0.2) is 23.4 Å². The van der Waals surface area contributed by atoms with Gasteiger partial charge < -0.3 is 0 Å². The van der Waals surface area contributed by atoms with E-state index >= 15 is 0 Å². The highest BCUT2D eigenvalue weighted by Gasteiger charge is 2.49. The molecule has 5 nitrogen and oxygen atoms in total. The highest BCUT2D eigenvalue weighted by Crippen LogP contribution is 2.55. The van der Waals surface area contributed by atoms with Crippen LogP contribution in [0.15, 0.2) is 186 Å². The van der Waals surface area contributed by atoms with Gasteiger partial charge in [-0.15, -0.1) is 0 Å². The third-order valence-electron chi connectivity index (χ3n) is 9.62. The summed E-state index contributed by atoms with van der Waals surface area (Å²) in [6.45, 7) is 0. The highest BCUT2D eigenvalue weighted by molar-refractivity contribution is 7.91. The molecule has 0 N–H and O–H groups in total. The molecular weight excluding hydrogens is 635 g/mol. The molecule has 0 saturated heterocycles. The SMILES string of the molecule is O=S1(=O)c2ccccc2C(c2ccccc2)(c2ccccc2-c2nc(-c3ccccc3)nc(-c3ccc4ccccc4c3)n2)c2ccccc21. The lowest BCUT2D eigenvalue weighted by molar-refractivity contribution is 0.579. The predicted octanol–water partition coefficient (Wildman–Crippen LogP) is 9.55. The van der Waals surface area contributed by atoms with Crippen molar-refractivity contribution in [3.8, 4) is 34.2 Å². The average Bonchev–Trinajstić information content (AvgIpc) is 3.19. The molecule has 1 aromatic heterocycles. The molecule has 0 spiro atoms. The zero-order valence-electron chi connectivity index (χ0n) is 26.8. The summed E-state index contributed by atoms with van der Waals surface area (Å²) in [4.78, 5) is 15.9. The number of hydrogen-bond acceptors (Lipinski definition) is 5. The van der Waals surface area contributed by atoms with Gasteiger partial charge in [-0.25, -0.2) is 23.4 Å². The van der Waals surface area contributed by atoms with Crippen LogP contribution in [-0.2, 0) is 15.3 Å². The minimum atomic E-state index is -3.81. The molecule has 2 heterocycles. The van der Waals surface area contributed by atoms with Crippen LogP contribution < -0.4 is 0 Å². The molecule has 50 heavy (non-hydrogen) atoms. The monoisotopic (exact) mass is 663 g/mol. The van der Waals surface area contributed by atoms with E-state index < -0.39 is 15.3 Å². The molecule has 0 aliphatic carbocycles. The molecule has 0 radical (unpaired) electrons. The first-order chi connectivity index (χ1) is 24.5. The summed E-state index contributed by atoms with van der Waals surface area (Å²) in [5, 5.41) is 2.22. The minimum absolute atomic E-state index is 0.287. The molecule has 0 amide bonds. The molecule has 238 valence electrons. The quantitative estimate of drug-likeness (QED) is 0.183. The topological polar surface area (TPSA) is 72.8 Å². The lowest BCUT2D eigenvalue weighted by atomic mass is 9.63. The number of sulfone groups is 1. The third-order valence-corrected chi connectivity index (χ3v) is 11.5. The standard InChI is InChI=1S/C44H29N3O2S/c48-50(49)39-25-13-11-23-37(39)44(34-19-5-2-6-20-34,38-24-12-14-26-40(38)50)36-22-10-9-21-35(36)43-46-41(31-16-3-1-4-17-31)45-42(47-43)33-28-27-30-15-7-8-18-32(30)29-33/h1-29H. The lowest BCUT2D eigenvalue weighted by Gasteiger charge is -2.42. The Bertz CT molecular complexity index is 2620. The zero-order chi connectivity index (χ0) is 33.7. The fourth-order valence-electron chi connectivity index (χ4n) is 7.41. The van der Waals surface area contributed by atoms with E-state index in [0.717, 1.165) is 38.6 Å². The van der Waals surface area contributed by atoms with Crippen molar-refractivity contribution in [2.75, 3.05) is 0 Å². The summed E-state index contributed by atoms with van der Waals surface area (Å²) >= 11 is 0. The van der Waals surface area contributed by atoms with Gasteiger partial charge in [0.25, 0.3) is 0 Å². The van der Waals surface area contributed by atoms with Crippen LogP contribution in [0.25, 0.3) is 44.9 Å². The van der Waals surface area contributed by atoms with E-state index in [1.54, 1.807) is 24.3 Å². The molecule has 8 aromatic rings. The smallest absolute Gasteiger partial charge is 0.207 e. The molecular formula is C44H29N3O2S. The molecule has 0 unspecified atom stereocenters. The van der Waals surface area contributed by atoms with E-state index in [0.29, 0.717) is 28.6 Å². The molecule has 9 rings (SSSR count). The van der Waals surface area contributed by atoms with Gasteiger partial charge in [-0.05, 0) is 51.2 Å². The van der Waals surface area contributed by atoms with E-state index in [1.807, 2.05) is 109 Å². The first-order valence-corrected chi connectivity index (χ1v) is 17.9. The van der Waals surface area contributed by atoms with Gasteiger partial charge in [-0.1, -0.05) is 158 Å².